The van der Waals surface area contributed by atoms with Crippen LogP contribution in [0, 0.1) is 0 Å². The van der Waals surface area contributed by atoms with Gasteiger partial charge in [-0.05, 0) is 36.2 Å². The molecule has 0 unspecified atom stereocenters. The van der Waals surface area contributed by atoms with Crippen LogP contribution in [-0.2, 0) is 16.4 Å². The van der Waals surface area contributed by atoms with E-state index in [0.717, 1.165) is 12.1 Å². The molecule has 0 radical (unpaired) electrons. The summed E-state index contributed by atoms with van der Waals surface area (Å²) < 4.78 is 26.6. The Morgan fingerprint density at radius 1 is 1.12 bits per heavy atom. The normalized spacial score (nSPS) is 12.1. The Kier molecular flexibility index (Phi) is 6.34. The minimum absolute atomic E-state index is 0.175. The third-order valence-electron chi connectivity index (χ3n) is 3.35. The van der Waals surface area contributed by atoms with E-state index in [0.29, 0.717) is 0 Å². The largest absolute Gasteiger partial charge is 0.370 e. The molecule has 0 saturated carbocycles. The van der Waals surface area contributed by atoms with Gasteiger partial charge in [0.25, 0.3) is 0 Å². The summed E-state index contributed by atoms with van der Waals surface area (Å²) in [6, 6.07) is 16.1. The van der Waals surface area contributed by atoms with Gasteiger partial charge in [0.15, 0.2) is 5.96 Å². The zero-order valence-corrected chi connectivity index (χ0v) is 14.4. The molecule has 0 bridgehead atoms. The topological polar surface area (TPSA) is 96.6 Å². The van der Waals surface area contributed by atoms with Crippen molar-refractivity contribution in [1.29, 1.82) is 0 Å². The third kappa shape index (κ3) is 5.36. The Bertz CT molecular complexity index is 789. The van der Waals surface area contributed by atoms with Crippen LogP contribution in [0.4, 0.5) is 5.69 Å². The average molecular weight is 346 g/mol. The van der Waals surface area contributed by atoms with Crippen molar-refractivity contribution in [3.8, 4) is 0 Å². The van der Waals surface area contributed by atoms with E-state index in [1.807, 2.05) is 24.3 Å². The Balaban J connectivity index is 1.85. The molecule has 2 aromatic carbocycles. The molecule has 0 aromatic heterocycles. The molecule has 0 aliphatic heterocycles. The van der Waals surface area contributed by atoms with Crippen molar-refractivity contribution >= 4 is 21.7 Å². The number of nitrogens with one attached hydrogen (secondary N) is 2. The molecular formula is C17H22N4O2S. The van der Waals surface area contributed by atoms with E-state index in [1.54, 1.807) is 30.3 Å². The molecule has 0 fully saturated rings. The summed E-state index contributed by atoms with van der Waals surface area (Å²) in [6.07, 6.45) is 0.938. The SMILES string of the molecule is CCc1cccc(NC(N)=NCCNS(=O)(=O)c2ccccc2)c1. The maximum Gasteiger partial charge on any atom is 0.240 e. The molecule has 4 N–H and O–H groups in total. The zero-order valence-electron chi connectivity index (χ0n) is 13.6. The first-order valence-electron chi connectivity index (χ1n) is 7.72. The Morgan fingerprint density at radius 2 is 1.88 bits per heavy atom. The van der Waals surface area contributed by atoms with Gasteiger partial charge in [-0.3, -0.25) is 4.99 Å². The first-order chi connectivity index (χ1) is 11.5. The van der Waals surface area contributed by atoms with Gasteiger partial charge in [0.1, 0.15) is 0 Å². The van der Waals surface area contributed by atoms with Crippen LogP contribution < -0.4 is 15.8 Å². The molecule has 7 heteroatoms. The van der Waals surface area contributed by atoms with Crippen molar-refractivity contribution in [3.05, 3.63) is 60.2 Å². The summed E-state index contributed by atoms with van der Waals surface area (Å²) in [7, 11) is -3.51. The summed E-state index contributed by atoms with van der Waals surface area (Å²) in [5.74, 6) is 0.252. The molecular weight excluding hydrogens is 324 g/mol. The van der Waals surface area contributed by atoms with Crippen molar-refractivity contribution in [2.45, 2.75) is 18.2 Å². The molecule has 128 valence electrons. The zero-order chi connectivity index (χ0) is 17.4. The van der Waals surface area contributed by atoms with Gasteiger partial charge in [-0.1, -0.05) is 37.3 Å². The second-order valence-corrected chi connectivity index (χ2v) is 6.92. The minimum atomic E-state index is -3.51. The van der Waals surface area contributed by atoms with Gasteiger partial charge in [0.05, 0.1) is 11.4 Å². The van der Waals surface area contributed by atoms with E-state index in [-0.39, 0.29) is 23.9 Å². The highest BCUT2D eigenvalue weighted by molar-refractivity contribution is 7.89. The second-order valence-electron chi connectivity index (χ2n) is 5.16. The average Bonchev–Trinajstić information content (AvgIpc) is 2.60. The molecule has 0 atom stereocenters. The highest BCUT2D eigenvalue weighted by Crippen LogP contribution is 2.10. The second kappa shape index (κ2) is 8.47. The number of aryl methyl sites for hydroxylation is 1. The van der Waals surface area contributed by atoms with Gasteiger partial charge in [0, 0.05) is 12.2 Å². The number of nitrogens with zero attached hydrogens (tertiary/aromatic N) is 1. The summed E-state index contributed by atoms with van der Waals surface area (Å²) in [5, 5.41) is 3.00. The number of anilines is 1. The lowest BCUT2D eigenvalue weighted by molar-refractivity contribution is 0.582. The molecule has 0 amide bonds. The number of aliphatic imine (C=N–C) groups is 1. The van der Waals surface area contributed by atoms with Crippen LogP contribution in [0.1, 0.15) is 12.5 Å². The van der Waals surface area contributed by atoms with E-state index >= 15 is 0 Å². The van der Waals surface area contributed by atoms with E-state index in [2.05, 4.69) is 22.0 Å². The molecule has 0 heterocycles. The number of benzene rings is 2. The Morgan fingerprint density at radius 3 is 2.58 bits per heavy atom. The number of nitrogens with two attached hydrogens (primary N) is 1. The standard InChI is InChI=1S/C17H22N4O2S/c1-2-14-7-6-8-15(13-14)21-17(18)19-11-12-20-24(22,23)16-9-4-3-5-10-16/h3-10,13,20H,2,11-12H2,1H3,(H3,18,19,21). The summed E-state index contributed by atoms with van der Waals surface area (Å²) >= 11 is 0. The van der Waals surface area contributed by atoms with Crippen LogP contribution >= 0.6 is 0 Å². The van der Waals surface area contributed by atoms with Crippen molar-refractivity contribution in [2.24, 2.45) is 10.7 Å². The van der Waals surface area contributed by atoms with Crippen molar-refractivity contribution in [1.82, 2.24) is 4.72 Å². The number of sulfonamides is 1. The Labute approximate surface area is 142 Å². The first-order valence-corrected chi connectivity index (χ1v) is 9.20. The first kappa shape index (κ1) is 18.0. The maximum absolute atomic E-state index is 12.0. The van der Waals surface area contributed by atoms with E-state index in [9.17, 15) is 8.42 Å². The molecule has 0 spiro atoms. The quantitative estimate of drug-likeness (QED) is 0.405. The van der Waals surface area contributed by atoms with Gasteiger partial charge >= 0.3 is 0 Å². The van der Waals surface area contributed by atoms with Gasteiger partial charge in [-0.25, -0.2) is 13.1 Å². The fraction of sp³-hybridized carbons (Fsp3) is 0.235. The van der Waals surface area contributed by atoms with Crippen LogP contribution in [0.3, 0.4) is 0 Å². The van der Waals surface area contributed by atoms with Crippen molar-refractivity contribution in [3.63, 3.8) is 0 Å². The molecule has 2 rings (SSSR count). The summed E-state index contributed by atoms with van der Waals surface area (Å²) in [5.41, 5.74) is 7.88. The number of hydrogen-bond acceptors (Lipinski definition) is 3. The number of guanidine groups is 1. The van der Waals surface area contributed by atoms with Crippen molar-refractivity contribution in [2.75, 3.05) is 18.4 Å². The molecule has 0 aliphatic carbocycles. The van der Waals surface area contributed by atoms with E-state index in [1.165, 1.54) is 5.56 Å². The summed E-state index contributed by atoms with van der Waals surface area (Å²) in [6.45, 7) is 2.50. The van der Waals surface area contributed by atoms with Crippen LogP contribution in [0.5, 0.6) is 0 Å². The lowest BCUT2D eigenvalue weighted by Gasteiger charge is -2.08. The van der Waals surface area contributed by atoms with Crippen LogP contribution in [0.2, 0.25) is 0 Å². The van der Waals surface area contributed by atoms with Crippen LogP contribution in [0.25, 0.3) is 0 Å². The van der Waals surface area contributed by atoms with Gasteiger partial charge in [-0.15, -0.1) is 0 Å². The Hall–Kier alpha value is -2.38. The third-order valence-corrected chi connectivity index (χ3v) is 4.82. The lowest BCUT2D eigenvalue weighted by Crippen LogP contribution is -2.28. The van der Waals surface area contributed by atoms with Gasteiger partial charge in [-0.2, -0.15) is 0 Å². The molecule has 2 aromatic rings. The monoisotopic (exact) mass is 346 g/mol. The number of hydrogen-bond donors (Lipinski definition) is 3. The predicted molar refractivity (Wildman–Crippen MR) is 97.6 cm³/mol. The van der Waals surface area contributed by atoms with E-state index in [4.69, 9.17) is 5.73 Å². The molecule has 0 aliphatic rings. The number of rotatable bonds is 7. The van der Waals surface area contributed by atoms with E-state index < -0.39 is 10.0 Å². The maximum atomic E-state index is 12.0. The molecule has 6 nitrogen and oxygen atoms in total. The fourth-order valence-electron chi connectivity index (χ4n) is 2.10. The van der Waals surface area contributed by atoms with Gasteiger partial charge in [0.2, 0.25) is 10.0 Å². The fourth-order valence-corrected chi connectivity index (χ4v) is 3.14. The molecule has 24 heavy (non-hydrogen) atoms. The highest BCUT2D eigenvalue weighted by Gasteiger charge is 2.11. The molecule has 0 saturated heterocycles. The minimum Gasteiger partial charge on any atom is -0.370 e. The smallest absolute Gasteiger partial charge is 0.240 e. The predicted octanol–water partition coefficient (Wildman–Crippen LogP) is 1.95. The van der Waals surface area contributed by atoms with Crippen LogP contribution in [0.15, 0.2) is 64.5 Å². The van der Waals surface area contributed by atoms with Crippen molar-refractivity contribution < 1.29 is 8.42 Å². The highest BCUT2D eigenvalue weighted by atomic mass is 32.2. The lowest BCUT2D eigenvalue weighted by atomic mass is 10.1. The summed E-state index contributed by atoms with van der Waals surface area (Å²) in [4.78, 5) is 4.36. The van der Waals surface area contributed by atoms with Gasteiger partial charge < -0.3 is 11.1 Å². The van der Waals surface area contributed by atoms with Crippen LogP contribution in [-0.4, -0.2) is 27.5 Å².